The maximum atomic E-state index is 12.2. The van der Waals surface area contributed by atoms with E-state index >= 15 is 0 Å². The summed E-state index contributed by atoms with van der Waals surface area (Å²) in [5.74, 6) is -0.215. The summed E-state index contributed by atoms with van der Waals surface area (Å²) in [5, 5.41) is 9.63. The number of allylic oxidation sites excluding steroid dienone is 14. The molecule has 0 amide bonds. The van der Waals surface area contributed by atoms with Crippen LogP contribution in [0.1, 0.15) is 206 Å². The van der Waals surface area contributed by atoms with Gasteiger partial charge in [-0.1, -0.05) is 195 Å². The number of ether oxygens (including phenoxy) is 2. The van der Waals surface area contributed by atoms with Crippen molar-refractivity contribution in [1.29, 1.82) is 0 Å². The Labute approximate surface area is 341 Å². The summed E-state index contributed by atoms with van der Waals surface area (Å²) in [7, 11) is 0. The lowest BCUT2D eigenvalue weighted by atomic mass is 10.1. The van der Waals surface area contributed by atoms with Gasteiger partial charge in [-0.25, -0.2) is 0 Å². The summed E-state index contributed by atoms with van der Waals surface area (Å²) in [6, 6.07) is 0. The quantitative estimate of drug-likeness (QED) is 0.0382. The molecule has 0 aliphatic heterocycles. The highest BCUT2D eigenvalue weighted by atomic mass is 16.6. The van der Waals surface area contributed by atoms with Crippen molar-refractivity contribution < 1.29 is 19.4 Å². The van der Waals surface area contributed by atoms with E-state index in [0.717, 1.165) is 64.2 Å². The molecule has 0 radical (unpaired) electrons. The Morgan fingerprint density at radius 1 is 0.455 bits per heavy atom. The van der Waals surface area contributed by atoms with Gasteiger partial charge in [0.2, 0.25) is 0 Å². The van der Waals surface area contributed by atoms with Gasteiger partial charge < -0.3 is 14.6 Å². The standard InChI is InChI=1S/C51H88O4/c1-3-5-7-9-11-13-15-17-19-21-23-25-27-29-31-33-35-37-39-41-43-45-47-54-49-50(48-52)55-51(53)46-44-42-40-38-36-34-32-30-28-26-24-22-20-18-16-14-12-10-8-6-4-2/h6,8,12,14-15,17-18,20-21,23-24,26-27,29,50,52H,3-5,7,9-11,13,16,19,22,25,28,30-49H2,1-2H3/b8-6-,14-12-,17-15-,20-18-,23-21-,26-24-,29-27-. The Kier molecular flexibility index (Phi) is 45.6. The summed E-state index contributed by atoms with van der Waals surface area (Å²) in [5.41, 5.74) is 0. The molecule has 316 valence electrons. The molecule has 0 aromatic carbocycles. The van der Waals surface area contributed by atoms with Crippen molar-refractivity contribution in [2.45, 2.75) is 213 Å². The van der Waals surface area contributed by atoms with Crippen LogP contribution < -0.4 is 0 Å². The molecule has 0 aromatic rings. The third-order valence-electron chi connectivity index (χ3n) is 9.70. The number of hydrogen-bond donors (Lipinski definition) is 1. The SMILES string of the molecule is CC/C=C\C/C=C\C/C=C\C/C=C\CCCCCCCCCCC(=O)OC(CO)COCCCCCCCCC/C=C\C/C=C\C/C=C\CCCCCCC. The van der Waals surface area contributed by atoms with Crippen molar-refractivity contribution >= 4 is 5.97 Å². The second kappa shape index (κ2) is 47.7. The smallest absolute Gasteiger partial charge is 0.306 e. The first-order chi connectivity index (χ1) is 27.2. The number of aliphatic hydroxyl groups is 1. The fourth-order valence-corrected chi connectivity index (χ4v) is 6.27. The summed E-state index contributed by atoms with van der Waals surface area (Å²) >= 11 is 0. The van der Waals surface area contributed by atoms with E-state index in [2.05, 4.69) is 98.9 Å². The third-order valence-corrected chi connectivity index (χ3v) is 9.70. The highest BCUT2D eigenvalue weighted by molar-refractivity contribution is 5.69. The number of hydrogen-bond acceptors (Lipinski definition) is 4. The zero-order valence-corrected chi connectivity index (χ0v) is 36.2. The molecule has 0 fully saturated rings. The van der Waals surface area contributed by atoms with E-state index < -0.39 is 6.10 Å². The first kappa shape index (κ1) is 52.6. The molecule has 0 heterocycles. The summed E-state index contributed by atoms with van der Waals surface area (Å²) in [6.07, 6.45) is 66.5. The van der Waals surface area contributed by atoms with E-state index in [1.54, 1.807) is 0 Å². The summed E-state index contributed by atoms with van der Waals surface area (Å²) < 4.78 is 11.2. The minimum absolute atomic E-state index is 0.184. The van der Waals surface area contributed by atoms with Crippen LogP contribution in [0.25, 0.3) is 0 Å². The maximum Gasteiger partial charge on any atom is 0.306 e. The number of carbonyl (C=O) groups is 1. The van der Waals surface area contributed by atoms with E-state index in [9.17, 15) is 9.90 Å². The monoisotopic (exact) mass is 765 g/mol. The predicted octanol–water partition coefficient (Wildman–Crippen LogP) is 15.5. The molecule has 0 rings (SSSR count). The first-order valence-corrected chi connectivity index (χ1v) is 23.2. The Morgan fingerprint density at radius 2 is 0.818 bits per heavy atom. The normalized spacial score (nSPS) is 13.1. The number of esters is 1. The molecule has 1 atom stereocenters. The molecular formula is C51H88O4. The average Bonchev–Trinajstić information content (AvgIpc) is 3.19. The van der Waals surface area contributed by atoms with Gasteiger partial charge in [0.1, 0.15) is 6.10 Å². The number of aliphatic hydroxyl groups excluding tert-OH is 1. The van der Waals surface area contributed by atoms with Crippen LogP contribution in [0.4, 0.5) is 0 Å². The van der Waals surface area contributed by atoms with Gasteiger partial charge in [-0.15, -0.1) is 0 Å². The molecule has 55 heavy (non-hydrogen) atoms. The lowest BCUT2D eigenvalue weighted by Gasteiger charge is -2.16. The first-order valence-electron chi connectivity index (χ1n) is 23.2. The van der Waals surface area contributed by atoms with Gasteiger partial charge in [0, 0.05) is 13.0 Å². The van der Waals surface area contributed by atoms with Gasteiger partial charge in [0.05, 0.1) is 13.2 Å². The number of unbranched alkanes of at least 4 members (excludes halogenated alkanes) is 20. The lowest BCUT2D eigenvalue weighted by Crippen LogP contribution is -2.27. The molecule has 0 aromatic heterocycles. The molecule has 0 aliphatic rings. The summed E-state index contributed by atoms with van der Waals surface area (Å²) in [4.78, 5) is 12.2. The Balaban J connectivity index is 3.50. The summed E-state index contributed by atoms with van der Waals surface area (Å²) in [6.45, 7) is 5.19. The Bertz CT molecular complexity index is 985. The molecule has 0 spiro atoms. The van der Waals surface area contributed by atoms with Crippen LogP contribution in [0, 0.1) is 0 Å². The molecule has 0 bridgehead atoms. The Hall–Kier alpha value is -2.43. The van der Waals surface area contributed by atoms with Crippen molar-refractivity contribution in [1.82, 2.24) is 0 Å². The van der Waals surface area contributed by atoms with Gasteiger partial charge in [0.25, 0.3) is 0 Å². The molecule has 0 saturated heterocycles. The molecule has 4 heteroatoms. The largest absolute Gasteiger partial charge is 0.457 e. The molecule has 1 unspecified atom stereocenters. The van der Waals surface area contributed by atoms with Gasteiger partial charge in [-0.3, -0.25) is 4.79 Å². The van der Waals surface area contributed by atoms with Gasteiger partial charge in [0.15, 0.2) is 0 Å². The van der Waals surface area contributed by atoms with Crippen LogP contribution in [-0.2, 0) is 14.3 Å². The van der Waals surface area contributed by atoms with Crippen LogP contribution in [-0.4, -0.2) is 37.0 Å². The van der Waals surface area contributed by atoms with Crippen molar-refractivity contribution in [3.63, 3.8) is 0 Å². The molecule has 1 N–H and O–H groups in total. The van der Waals surface area contributed by atoms with Crippen LogP contribution in [0.3, 0.4) is 0 Å². The van der Waals surface area contributed by atoms with E-state index in [0.29, 0.717) is 13.0 Å². The second-order valence-electron chi connectivity index (χ2n) is 15.1. The third kappa shape index (κ3) is 45.9. The van der Waals surface area contributed by atoms with E-state index in [1.165, 1.54) is 122 Å². The molecule has 0 saturated carbocycles. The van der Waals surface area contributed by atoms with Gasteiger partial charge in [-0.05, 0) is 89.9 Å². The van der Waals surface area contributed by atoms with Crippen molar-refractivity contribution in [3.05, 3.63) is 85.1 Å². The van der Waals surface area contributed by atoms with Crippen molar-refractivity contribution in [2.24, 2.45) is 0 Å². The van der Waals surface area contributed by atoms with Crippen LogP contribution >= 0.6 is 0 Å². The topological polar surface area (TPSA) is 55.8 Å². The van der Waals surface area contributed by atoms with E-state index in [4.69, 9.17) is 9.47 Å². The number of rotatable bonds is 42. The fourth-order valence-electron chi connectivity index (χ4n) is 6.27. The highest BCUT2D eigenvalue weighted by Crippen LogP contribution is 2.13. The predicted molar refractivity (Wildman–Crippen MR) is 242 cm³/mol. The molecule has 4 nitrogen and oxygen atoms in total. The second-order valence-corrected chi connectivity index (χ2v) is 15.1. The van der Waals surface area contributed by atoms with Crippen molar-refractivity contribution in [3.8, 4) is 0 Å². The van der Waals surface area contributed by atoms with E-state index in [1.807, 2.05) is 0 Å². The lowest BCUT2D eigenvalue weighted by molar-refractivity contribution is -0.154. The average molecular weight is 765 g/mol. The fraction of sp³-hybridized carbons (Fsp3) is 0.706. The molecule has 0 aliphatic carbocycles. The maximum absolute atomic E-state index is 12.2. The van der Waals surface area contributed by atoms with Crippen LogP contribution in [0.15, 0.2) is 85.1 Å². The Morgan fingerprint density at radius 3 is 1.24 bits per heavy atom. The zero-order chi connectivity index (χ0) is 39.8. The minimum Gasteiger partial charge on any atom is -0.457 e. The zero-order valence-electron chi connectivity index (χ0n) is 36.2. The number of carbonyl (C=O) groups excluding carboxylic acids is 1. The van der Waals surface area contributed by atoms with Gasteiger partial charge in [-0.2, -0.15) is 0 Å². The van der Waals surface area contributed by atoms with Crippen LogP contribution in [0.5, 0.6) is 0 Å². The molecular weight excluding hydrogens is 677 g/mol. The van der Waals surface area contributed by atoms with Gasteiger partial charge >= 0.3 is 5.97 Å². The van der Waals surface area contributed by atoms with E-state index in [-0.39, 0.29) is 19.2 Å². The van der Waals surface area contributed by atoms with Crippen LogP contribution in [0.2, 0.25) is 0 Å². The van der Waals surface area contributed by atoms with Crippen molar-refractivity contribution in [2.75, 3.05) is 19.8 Å². The minimum atomic E-state index is -0.550. The highest BCUT2D eigenvalue weighted by Gasteiger charge is 2.13.